The van der Waals surface area contributed by atoms with E-state index >= 15 is 0 Å². The van der Waals surface area contributed by atoms with Crippen molar-refractivity contribution in [1.29, 1.82) is 0 Å². The predicted molar refractivity (Wildman–Crippen MR) is 131 cm³/mol. The minimum absolute atomic E-state index is 0.0885. The van der Waals surface area contributed by atoms with Gasteiger partial charge in [0, 0.05) is 55.7 Å². The number of anilines is 1. The molecule has 0 spiro atoms. The van der Waals surface area contributed by atoms with Crippen LogP contribution >= 0.6 is 11.3 Å². The monoisotopic (exact) mass is 487 g/mol. The summed E-state index contributed by atoms with van der Waals surface area (Å²) in [5.41, 5.74) is 3.25. The zero-order valence-electron chi connectivity index (χ0n) is 18.8. The van der Waals surface area contributed by atoms with E-state index in [-0.39, 0.29) is 17.4 Å². The molecule has 1 N–H and O–H groups in total. The second-order valence-corrected chi connectivity index (χ2v) is 9.04. The fraction of sp³-hybridized carbons (Fsp3) is 0.217. The number of hydrogen-bond donors (Lipinski definition) is 1. The highest BCUT2D eigenvalue weighted by Gasteiger charge is 2.26. The van der Waals surface area contributed by atoms with E-state index in [4.69, 9.17) is 4.98 Å². The average molecular weight is 488 g/mol. The number of rotatable bonds is 4. The summed E-state index contributed by atoms with van der Waals surface area (Å²) in [7, 11) is 0. The molecule has 5 aromatic rings. The van der Waals surface area contributed by atoms with Crippen molar-refractivity contribution in [3.63, 3.8) is 0 Å². The molecule has 0 saturated carbocycles. The van der Waals surface area contributed by atoms with Gasteiger partial charge in [-0.3, -0.25) is 19.6 Å². The zero-order chi connectivity index (χ0) is 23.9. The number of piperazine rings is 1. The topological polar surface area (TPSA) is 117 Å². The summed E-state index contributed by atoms with van der Waals surface area (Å²) in [6.45, 7) is 4.35. The summed E-state index contributed by atoms with van der Waals surface area (Å²) in [6, 6.07) is 7.32. The van der Waals surface area contributed by atoms with Crippen molar-refractivity contribution in [3.05, 3.63) is 76.0 Å². The third-order valence-corrected chi connectivity index (χ3v) is 7.04. The summed E-state index contributed by atoms with van der Waals surface area (Å²) in [6.07, 6.45) is 6.75. The van der Waals surface area contributed by atoms with Gasteiger partial charge in [0.25, 0.3) is 11.5 Å². The van der Waals surface area contributed by atoms with Crippen molar-refractivity contribution >= 4 is 27.9 Å². The molecule has 35 heavy (non-hydrogen) atoms. The molecule has 176 valence electrons. The Morgan fingerprint density at radius 3 is 2.71 bits per heavy atom. The van der Waals surface area contributed by atoms with Crippen LogP contribution in [-0.2, 0) is 0 Å². The number of H-pyrrole nitrogens is 1. The van der Waals surface area contributed by atoms with Gasteiger partial charge in [0.15, 0.2) is 5.13 Å². The average Bonchev–Trinajstić information content (AvgIpc) is 3.64. The molecule has 1 fully saturated rings. The Balaban J connectivity index is 1.16. The SMILES string of the molecule is Cc1c(C(=O)N2CCN(c3nc(-c4ccncc4)cs3)CC2)cnn1-c1nn2cccc2c(=O)[nH]1. The highest BCUT2D eigenvalue weighted by molar-refractivity contribution is 7.14. The van der Waals surface area contributed by atoms with Gasteiger partial charge < -0.3 is 9.80 Å². The molecule has 1 aliphatic heterocycles. The second-order valence-electron chi connectivity index (χ2n) is 8.20. The highest BCUT2D eigenvalue weighted by Crippen LogP contribution is 2.28. The van der Waals surface area contributed by atoms with E-state index in [1.807, 2.05) is 22.4 Å². The second kappa shape index (κ2) is 8.47. The largest absolute Gasteiger partial charge is 0.345 e. The summed E-state index contributed by atoms with van der Waals surface area (Å²) in [5.74, 6) is 0.170. The Bertz CT molecular complexity index is 1580. The van der Waals surface area contributed by atoms with Crippen molar-refractivity contribution in [2.24, 2.45) is 0 Å². The number of hydrogen-bond acceptors (Lipinski definition) is 8. The van der Waals surface area contributed by atoms with Crippen molar-refractivity contribution < 1.29 is 4.79 Å². The number of amides is 1. The van der Waals surface area contributed by atoms with E-state index in [2.05, 4.69) is 25.1 Å². The van der Waals surface area contributed by atoms with Crippen LogP contribution in [-0.4, -0.2) is 71.3 Å². The van der Waals surface area contributed by atoms with Gasteiger partial charge in [0.2, 0.25) is 5.95 Å². The van der Waals surface area contributed by atoms with Crippen molar-refractivity contribution in [1.82, 2.24) is 39.2 Å². The Hall–Kier alpha value is -4.32. The molecule has 0 aromatic carbocycles. The Morgan fingerprint density at radius 1 is 1.11 bits per heavy atom. The van der Waals surface area contributed by atoms with Crippen LogP contribution in [0.2, 0.25) is 0 Å². The molecule has 0 radical (unpaired) electrons. The Morgan fingerprint density at radius 2 is 1.91 bits per heavy atom. The number of aromatic nitrogens is 7. The number of pyridine rings is 1. The first-order valence-corrected chi connectivity index (χ1v) is 12.0. The van der Waals surface area contributed by atoms with Gasteiger partial charge in [-0.1, -0.05) is 0 Å². The summed E-state index contributed by atoms with van der Waals surface area (Å²) < 4.78 is 2.98. The lowest BCUT2D eigenvalue weighted by Gasteiger charge is -2.34. The van der Waals surface area contributed by atoms with Crippen molar-refractivity contribution in [2.45, 2.75) is 6.92 Å². The van der Waals surface area contributed by atoms with Gasteiger partial charge in [-0.25, -0.2) is 14.2 Å². The number of aromatic amines is 1. The van der Waals surface area contributed by atoms with Gasteiger partial charge in [-0.05, 0) is 31.2 Å². The Labute approximate surface area is 203 Å². The van der Waals surface area contributed by atoms with Crippen LogP contribution < -0.4 is 10.5 Å². The maximum absolute atomic E-state index is 13.3. The number of nitrogens with zero attached hydrogens (tertiary/aromatic N) is 8. The number of nitrogens with one attached hydrogen (secondary N) is 1. The lowest BCUT2D eigenvalue weighted by Crippen LogP contribution is -2.48. The van der Waals surface area contributed by atoms with E-state index in [1.165, 1.54) is 15.4 Å². The maximum atomic E-state index is 13.3. The van der Waals surface area contributed by atoms with Crippen LogP contribution in [0.1, 0.15) is 16.1 Å². The molecule has 0 atom stereocenters. The normalized spacial score (nSPS) is 14.1. The molecule has 6 heterocycles. The van der Waals surface area contributed by atoms with Gasteiger partial charge in [-0.15, -0.1) is 16.4 Å². The van der Waals surface area contributed by atoms with Crippen LogP contribution in [0.25, 0.3) is 22.7 Å². The van der Waals surface area contributed by atoms with Crippen LogP contribution in [0.5, 0.6) is 0 Å². The summed E-state index contributed by atoms with van der Waals surface area (Å²) >= 11 is 1.60. The molecule has 0 bridgehead atoms. The smallest absolute Gasteiger partial charge is 0.276 e. The van der Waals surface area contributed by atoms with Crippen LogP contribution in [0.4, 0.5) is 5.13 Å². The predicted octanol–water partition coefficient (Wildman–Crippen LogP) is 2.00. The molecular weight excluding hydrogens is 466 g/mol. The third kappa shape index (κ3) is 3.77. The minimum Gasteiger partial charge on any atom is -0.345 e. The molecule has 6 rings (SSSR count). The minimum atomic E-state index is -0.270. The molecule has 1 saturated heterocycles. The molecule has 5 aromatic heterocycles. The first-order chi connectivity index (χ1) is 17.1. The highest BCUT2D eigenvalue weighted by atomic mass is 32.1. The van der Waals surface area contributed by atoms with Gasteiger partial charge in [0.1, 0.15) is 5.52 Å². The van der Waals surface area contributed by atoms with E-state index in [1.54, 1.807) is 49.0 Å². The van der Waals surface area contributed by atoms with E-state index in [0.29, 0.717) is 43.0 Å². The molecule has 1 aliphatic rings. The fourth-order valence-corrected chi connectivity index (χ4v) is 5.08. The molecule has 11 nitrogen and oxygen atoms in total. The molecule has 12 heteroatoms. The quantitative estimate of drug-likeness (QED) is 0.412. The number of carbonyl (C=O) groups excluding carboxylic acids is 1. The lowest BCUT2D eigenvalue weighted by atomic mass is 10.2. The number of carbonyl (C=O) groups is 1. The van der Waals surface area contributed by atoms with Gasteiger partial charge in [0.05, 0.1) is 23.1 Å². The van der Waals surface area contributed by atoms with Crippen molar-refractivity contribution in [3.8, 4) is 17.2 Å². The van der Waals surface area contributed by atoms with Crippen LogP contribution in [0.15, 0.2) is 59.2 Å². The fourth-order valence-electron chi connectivity index (χ4n) is 4.20. The molecular formula is C23H21N9O2S. The molecule has 1 amide bonds. The molecule has 0 unspecified atom stereocenters. The first-order valence-electron chi connectivity index (χ1n) is 11.1. The number of thiazole rings is 1. The van der Waals surface area contributed by atoms with Gasteiger partial charge in [-0.2, -0.15) is 5.10 Å². The summed E-state index contributed by atoms with van der Waals surface area (Å²) in [5, 5.41) is 11.7. The van der Waals surface area contributed by atoms with Crippen LogP contribution in [0, 0.1) is 6.92 Å². The van der Waals surface area contributed by atoms with E-state index in [0.717, 1.165) is 16.4 Å². The maximum Gasteiger partial charge on any atom is 0.276 e. The molecule has 0 aliphatic carbocycles. The van der Waals surface area contributed by atoms with E-state index < -0.39 is 0 Å². The lowest BCUT2D eigenvalue weighted by molar-refractivity contribution is 0.0746. The third-order valence-electron chi connectivity index (χ3n) is 6.13. The summed E-state index contributed by atoms with van der Waals surface area (Å²) in [4.78, 5) is 41.2. The zero-order valence-corrected chi connectivity index (χ0v) is 19.6. The van der Waals surface area contributed by atoms with Crippen LogP contribution in [0.3, 0.4) is 0 Å². The Kier molecular flexibility index (Phi) is 5.14. The van der Waals surface area contributed by atoms with Gasteiger partial charge >= 0.3 is 0 Å². The first kappa shape index (κ1) is 21.2. The standard InChI is InChI=1S/C23H21N9O2S/c1-15-17(13-25-32(15)22-27-20(33)19-3-2-8-31(19)28-22)21(34)29-9-11-30(12-10-29)23-26-18(14-35-23)16-4-6-24-7-5-16/h2-8,13-14H,9-12H2,1H3,(H,27,28,33). The van der Waals surface area contributed by atoms with E-state index in [9.17, 15) is 9.59 Å². The van der Waals surface area contributed by atoms with Crippen molar-refractivity contribution in [2.75, 3.05) is 31.1 Å². The number of fused-ring (bicyclic) bond motifs is 1.